The number of hydrogen-bond acceptors (Lipinski definition) is 6. The highest BCUT2D eigenvalue weighted by molar-refractivity contribution is 6.12. The van der Waals surface area contributed by atoms with E-state index < -0.39 is 17.8 Å². The van der Waals surface area contributed by atoms with Crippen LogP contribution in [0.4, 0.5) is 0 Å². The molecule has 30 heavy (non-hydrogen) atoms. The Bertz CT molecular complexity index is 923. The average Bonchev–Trinajstić information content (AvgIpc) is 3.17. The van der Waals surface area contributed by atoms with Crippen LogP contribution in [0.5, 0.6) is 5.75 Å². The molecule has 6 heteroatoms. The van der Waals surface area contributed by atoms with Crippen LogP contribution in [0.2, 0.25) is 0 Å². The number of fused-ring (bicyclic) bond motifs is 1. The number of Topliss-reactive ketones (excluding diaryl/α,β-unsaturated/α-hetero) is 1. The van der Waals surface area contributed by atoms with Crippen LogP contribution in [0.3, 0.4) is 0 Å². The molecule has 0 unspecified atom stereocenters. The Morgan fingerprint density at radius 2 is 2.10 bits per heavy atom. The van der Waals surface area contributed by atoms with Crippen molar-refractivity contribution in [3.8, 4) is 5.75 Å². The molecule has 0 aromatic heterocycles. The standard InChI is InChI=1S/C24H29NO5/c1-14-20(23(28)30-13-17-8-5-9-29-17)21(15-6-4-7-16(26)10-15)22-18(25-14)11-24(2,3)12-19(22)27/h4,6-7,10,17,21-22,26H,5,8-9,11-13H2,1-3H3/t17-,21-,22-/m1/s1. The van der Waals surface area contributed by atoms with Gasteiger partial charge in [-0.3, -0.25) is 9.79 Å². The zero-order valence-electron chi connectivity index (χ0n) is 17.8. The van der Waals surface area contributed by atoms with Crippen LogP contribution in [0.15, 0.2) is 40.5 Å². The zero-order valence-corrected chi connectivity index (χ0v) is 17.8. The van der Waals surface area contributed by atoms with Gasteiger partial charge in [-0.1, -0.05) is 26.0 Å². The number of nitrogens with zero attached hydrogens (tertiary/aromatic N) is 1. The van der Waals surface area contributed by atoms with Gasteiger partial charge in [0.25, 0.3) is 0 Å². The second kappa shape index (κ2) is 7.99. The Morgan fingerprint density at radius 3 is 2.80 bits per heavy atom. The third-order valence-electron chi connectivity index (χ3n) is 6.24. The lowest BCUT2D eigenvalue weighted by Gasteiger charge is -2.41. The molecule has 1 N–H and O–H groups in total. The van der Waals surface area contributed by atoms with E-state index in [1.807, 2.05) is 6.07 Å². The van der Waals surface area contributed by atoms with E-state index >= 15 is 0 Å². The van der Waals surface area contributed by atoms with Gasteiger partial charge in [0.2, 0.25) is 0 Å². The average molecular weight is 411 g/mol. The van der Waals surface area contributed by atoms with E-state index in [2.05, 4.69) is 13.8 Å². The van der Waals surface area contributed by atoms with E-state index in [1.54, 1.807) is 25.1 Å². The molecule has 1 aliphatic carbocycles. The number of carbonyl (C=O) groups is 2. The van der Waals surface area contributed by atoms with Gasteiger partial charge in [-0.2, -0.15) is 0 Å². The fraction of sp³-hybridized carbons (Fsp3) is 0.542. The highest BCUT2D eigenvalue weighted by Gasteiger charge is 2.47. The first-order valence-electron chi connectivity index (χ1n) is 10.6. The highest BCUT2D eigenvalue weighted by Crippen LogP contribution is 2.47. The first-order valence-corrected chi connectivity index (χ1v) is 10.6. The first-order chi connectivity index (χ1) is 14.2. The minimum absolute atomic E-state index is 0.0751. The summed E-state index contributed by atoms with van der Waals surface area (Å²) in [6.45, 7) is 6.82. The summed E-state index contributed by atoms with van der Waals surface area (Å²) < 4.78 is 11.2. The molecular weight excluding hydrogens is 382 g/mol. The van der Waals surface area contributed by atoms with Gasteiger partial charge in [-0.15, -0.1) is 0 Å². The molecule has 1 aromatic carbocycles. The van der Waals surface area contributed by atoms with Gasteiger partial charge >= 0.3 is 5.97 Å². The number of allylic oxidation sites excluding steroid dienone is 1. The molecular formula is C24H29NO5. The van der Waals surface area contributed by atoms with Crippen LogP contribution in [-0.4, -0.2) is 41.9 Å². The molecule has 4 rings (SSSR count). The Morgan fingerprint density at radius 1 is 1.30 bits per heavy atom. The molecule has 1 saturated carbocycles. The zero-order chi connectivity index (χ0) is 21.5. The molecule has 6 nitrogen and oxygen atoms in total. The summed E-state index contributed by atoms with van der Waals surface area (Å²) >= 11 is 0. The lowest BCUT2D eigenvalue weighted by molar-refractivity contribution is -0.142. The number of ketones is 1. The summed E-state index contributed by atoms with van der Waals surface area (Å²) in [4.78, 5) is 31.1. The van der Waals surface area contributed by atoms with Crippen molar-refractivity contribution in [3.63, 3.8) is 0 Å². The van der Waals surface area contributed by atoms with Crippen molar-refractivity contribution >= 4 is 17.5 Å². The molecule has 0 spiro atoms. The number of hydrogen-bond donors (Lipinski definition) is 1. The van der Waals surface area contributed by atoms with E-state index in [-0.39, 0.29) is 29.7 Å². The van der Waals surface area contributed by atoms with Crippen LogP contribution in [0.25, 0.3) is 0 Å². The summed E-state index contributed by atoms with van der Waals surface area (Å²) in [7, 11) is 0. The predicted molar refractivity (Wildman–Crippen MR) is 112 cm³/mol. The maximum Gasteiger partial charge on any atom is 0.336 e. The van der Waals surface area contributed by atoms with Crippen LogP contribution >= 0.6 is 0 Å². The smallest absolute Gasteiger partial charge is 0.336 e. The van der Waals surface area contributed by atoms with Crippen molar-refractivity contribution in [2.75, 3.05) is 13.2 Å². The molecule has 2 aliphatic heterocycles. The van der Waals surface area contributed by atoms with Gasteiger partial charge in [-0.25, -0.2) is 4.79 Å². The minimum atomic E-state index is -0.509. The lowest BCUT2D eigenvalue weighted by Crippen LogP contribution is -2.44. The monoisotopic (exact) mass is 411 g/mol. The van der Waals surface area contributed by atoms with E-state index in [1.165, 1.54) is 0 Å². The Kier molecular flexibility index (Phi) is 5.53. The van der Waals surface area contributed by atoms with Gasteiger partial charge < -0.3 is 14.6 Å². The Hall–Kier alpha value is -2.47. The summed E-state index contributed by atoms with van der Waals surface area (Å²) in [6.07, 6.45) is 2.90. The van der Waals surface area contributed by atoms with Crippen molar-refractivity contribution in [3.05, 3.63) is 41.1 Å². The van der Waals surface area contributed by atoms with Crippen molar-refractivity contribution in [1.29, 1.82) is 0 Å². The summed E-state index contributed by atoms with van der Waals surface area (Å²) in [6, 6.07) is 6.79. The molecule has 3 aliphatic rings. The highest BCUT2D eigenvalue weighted by atomic mass is 16.6. The molecule has 2 fully saturated rings. The molecule has 3 atom stereocenters. The fourth-order valence-electron chi connectivity index (χ4n) is 4.96. The topological polar surface area (TPSA) is 85.2 Å². The van der Waals surface area contributed by atoms with Gasteiger partial charge in [0, 0.05) is 30.4 Å². The molecule has 0 radical (unpaired) electrons. The molecule has 160 valence electrons. The van der Waals surface area contributed by atoms with Gasteiger partial charge in [0.15, 0.2) is 0 Å². The van der Waals surface area contributed by atoms with Gasteiger partial charge in [0.1, 0.15) is 18.1 Å². The van der Waals surface area contributed by atoms with Crippen molar-refractivity contribution < 1.29 is 24.2 Å². The maximum absolute atomic E-state index is 13.2. The number of benzene rings is 1. The number of carbonyl (C=O) groups excluding carboxylic acids is 2. The normalized spacial score (nSPS) is 28.2. The third-order valence-corrected chi connectivity index (χ3v) is 6.24. The van der Waals surface area contributed by atoms with E-state index in [0.717, 1.165) is 24.1 Å². The largest absolute Gasteiger partial charge is 0.508 e. The molecule has 2 heterocycles. The lowest BCUT2D eigenvalue weighted by atomic mass is 9.63. The van der Waals surface area contributed by atoms with Gasteiger partial charge in [0.05, 0.1) is 17.6 Å². The number of esters is 1. The number of ether oxygens (including phenoxy) is 2. The second-order valence-corrected chi connectivity index (χ2v) is 9.37. The fourth-order valence-corrected chi connectivity index (χ4v) is 4.96. The summed E-state index contributed by atoms with van der Waals surface area (Å²) in [5.74, 6) is -1.30. The number of phenolic OH excluding ortho intramolecular Hbond substituents is 1. The van der Waals surface area contributed by atoms with E-state index in [0.29, 0.717) is 30.7 Å². The minimum Gasteiger partial charge on any atom is -0.508 e. The number of aromatic hydroxyl groups is 1. The van der Waals surface area contributed by atoms with Crippen molar-refractivity contribution in [1.82, 2.24) is 0 Å². The maximum atomic E-state index is 13.2. The van der Waals surface area contributed by atoms with Crippen LogP contribution < -0.4 is 0 Å². The summed E-state index contributed by atoms with van der Waals surface area (Å²) in [5.41, 5.74) is 2.37. The van der Waals surface area contributed by atoms with Crippen LogP contribution in [-0.2, 0) is 19.1 Å². The molecule has 1 saturated heterocycles. The van der Waals surface area contributed by atoms with Crippen LogP contribution in [0.1, 0.15) is 57.9 Å². The van der Waals surface area contributed by atoms with Gasteiger partial charge in [-0.05, 0) is 49.3 Å². The predicted octanol–water partition coefficient (Wildman–Crippen LogP) is 3.93. The number of rotatable bonds is 4. The number of phenols is 1. The molecule has 0 amide bonds. The quantitative estimate of drug-likeness (QED) is 0.759. The first kappa shape index (κ1) is 20.8. The van der Waals surface area contributed by atoms with Crippen LogP contribution in [0, 0.1) is 11.3 Å². The molecule has 0 bridgehead atoms. The second-order valence-electron chi connectivity index (χ2n) is 9.37. The van der Waals surface area contributed by atoms with Crippen molar-refractivity contribution in [2.45, 2.75) is 58.5 Å². The third kappa shape index (κ3) is 4.06. The Labute approximate surface area is 177 Å². The van der Waals surface area contributed by atoms with E-state index in [9.17, 15) is 14.7 Å². The SMILES string of the molecule is CC1=C(C(=O)OC[C@H]2CCCO2)[C@@H](c2cccc(O)c2)[C@H]2C(=O)CC(C)(C)CC2=N1. The van der Waals surface area contributed by atoms with Crippen molar-refractivity contribution in [2.24, 2.45) is 16.3 Å². The summed E-state index contributed by atoms with van der Waals surface area (Å²) in [5, 5.41) is 10.1. The Balaban J connectivity index is 1.72. The van der Waals surface area contributed by atoms with E-state index in [4.69, 9.17) is 14.5 Å². The molecule has 1 aromatic rings. The number of aliphatic imine (C=N–C) groups is 1.